The Labute approximate surface area is 176 Å². The maximum absolute atomic E-state index is 5.98. The topological polar surface area (TPSA) is 86.8 Å². The summed E-state index contributed by atoms with van der Waals surface area (Å²) in [5.74, 6) is 2.39. The molecule has 0 spiro atoms. The molecule has 0 unspecified atom stereocenters. The molecule has 8 nitrogen and oxygen atoms in total. The Balaban J connectivity index is 2.00. The van der Waals surface area contributed by atoms with E-state index in [0.29, 0.717) is 29.6 Å². The molecular formula is C22H29N5O3. The van der Waals surface area contributed by atoms with Crippen LogP contribution in [0.2, 0.25) is 0 Å². The van der Waals surface area contributed by atoms with Crippen LogP contribution in [0, 0.1) is 0 Å². The molecule has 3 N–H and O–H groups in total. The molecule has 0 saturated heterocycles. The zero-order valence-corrected chi connectivity index (χ0v) is 18.3. The standard InChI is InChI=1S/C22H29N5O3/c1-26(2)13-15(11-23)17-7-14-12-24-21(10-18(14)27(17)3)25-16-8-19(28-4)22(30-6)20(9-16)29-5/h7-10,12-13H,11,23H2,1-6H3,(H,24,25)/b15-13+. The molecule has 30 heavy (non-hydrogen) atoms. The number of methoxy groups -OCH3 is 3. The van der Waals surface area contributed by atoms with Crippen LogP contribution in [0.5, 0.6) is 17.2 Å². The Morgan fingerprint density at radius 1 is 1.10 bits per heavy atom. The van der Waals surface area contributed by atoms with Gasteiger partial charge < -0.3 is 34.7 Å². The average Bonchev–Trinajstić information content (AvgIpc) is 3.07. The van der Waals surface area contributed by atoms with E-state index in [9.17, 15) is 0 Å². The summed E-state index contributed by atoms with van der Waals surface area (Å²) in [4.78, 5) is 6.55. The van der Waals surface area contributed by atoms with E-state index in [-0.39, 0.29) is 0 Å². The van der Waals surface area contributed by atoms with Crippen molar-refractivity contribution in [1.29, 1.82) is 0 Å². The van der Waals surface area contributed by atoms with E-state index in [4.69, 9.17) is 19.9 Å². The van der Waals surface area contributed by atoms with E-state index in [2.05, 4.69) is 20.9 Å². The molecule has 3 rings (SSSR count). The molecule has 0 aliphatic heterocycles. The van der Waals surface area contributed by atoms with Crippen LogP contribution in [-0.4, -0.2) is 56.4 Å². The number of aryl methyl sites for hydroxylation is 1. The average molecular weight is 412 g/mol. The van der Waals surface area contributed by atoms with E-state index >= 15 is 0 Å². The van der Waals surface area contributed by atoms with Gasteiger partial charge in [-0.05, 0) is 6.07 Å². The monoisotopic (exact) mass is 411 g/mol. The number of aromatic nitrogens is 2. The Hall–Kier alpha value is -3.39. The van der Waals surface area contributed by atoms with Crippen LogP contribution in [0.1, 0.15) is 5.69 Å². The fourth-order valence-electron chi connectivity index (χ4n) is 3.44. The largest absolute Gasteiger partial charge is 0.493 e. The van der Waals surface area contributed by atoms with Crippen molar-refractivity contribution >= 4 is 28.0 Å². The first-order valence-electron chi connectivity index (χ1n) is 9.51. The first-order valence-corrected chi connectivity index (χ1v) is 9.51. The number of hydrogen-bond acceptors (Lipinski definition) is 7. The van der Waals surface area contributed by atoms with Gasteiger partial charge in [0.25, 0.3) is 0 Å². The molecule has 0 bridgehead atoms. The zero-order valence-electron chi connectivity index (χ0n) is 18.3. The van der Waals surface area contributed by atoms with Crippen molar-refractivity contribution in [3.05, 3.63) is 42.4 Å². The van der Waals surface area contributed by atoms with Crippen LogP contribution < -0.4 is 25.3 Å². The molecule has 2 aromatic heterocycles. The summed E-state index contributed by atoms with van der Waals surface area (Å²) >= 11 is 0. The molecule has 160 valence electrons. The number of nitrogens with two attached hydrogens (primary N) is 1. The predicted molar refractivity (Wildman–Crippen MR) is 121 cm³/mol. The van der Waals surface area contributed by atoms with Crippen molar-refractivity contribution in [3.63, 3.8) is 0 Å². The SMILES string of the molecule is COc1cc(Nc2cc3c(cn2)cc(/C(=C/N(C)C)CN)n3C)cc(OC)c1OC. The minimum atomic E-state index is 0.451. The smallest absolute Gasteiger partial charge is 0.203 e. The van der Waals surface area contributed by atoms with E-state index in [0.717, 1.165) is 27.9 Å². The quantitative estimate of drug-likeness (QED) is 0.589. The number of fused-ring (bicyclic) bond motifs is 1. The molecule has 0 radical (unpaired) electrons. The van der Waals surface area contributed by atoms with Crippen molar-refractivity contribution in [2.45, 2.75) is 0 Å². The summed E-state index contributed by atoms with van der Waals surface area (Å²) in [5, 5.41) is 4.36. The molecule has 0 aliphatic rings. The van der Waals surface area contributed by atoms with Crippen molar-refractivity contribution in [2.75, 3.05) is 47.3 Å². The van der Waals surface area contributed by atoms with Gasteiger partial charge in [-0.1, -0.05) is 0 Å². The summed E-state index contributed by atoms with van der Waals surface area (Å²) in [6.07, 6.45) is 3.89. The second-order valence-corrected chi connectivity index (χ2v) is 7.08. The third-order valence-corrected chi connectivity index (χ3v) is 4.83. The Bertz CT molecular complexity index is 1050. The molecule has 0 saturated carbocycles. The molecule has 0 aliphatic carbocycles. The van der Waals surface area contributed by atoms with Gasteiger partial charge in [-0.15, -0.1) is 0 Å². The van der Waals surface area contributed by atoms with Crippen LogP contribution >= 0.6 is 0 Å². The van der Waals surface area contributed by atoms with Gasteiger partial charge in [0.05, 0.1) is 26.8 Å². The number of nitrogens with one attached hydrogen (secondary N) is 1. The summed E-state index contributed by atoms with van der Waals surface area (Å²) < 4.78 is 18.4. The van der Waals surface area contributed by atoms with E-state index < -0.39 is 0 Å². The zero-order chi connectivity index (χ0) is 21.8. The molecule has 8 heteroatoms. The second kappa shape index (κ2) is 8.96. The van der Waals surface area contributed by atoms with Crippen LogP contribution in [0.15, 0.2) is 36.7 Å². The number of rotatable bonds is 8. The van der Waals surface area contributed by atoms with Crippen molar-refractivity contribution in [1.82, 2.24) is 14.5 Å². The highest BCUT2D eigenvalue weighted by molar-refractivity contribution is 5.87. The lowest BCUT2D eigenvalue weighted by Gasteiger charge is -2.15. The van der Waals surface area contributed by atoms with Gasteiger partial charge in [-0.25, -0.2) is 4.98 Å². The lowest BCUT2D eigenvalue weighted by atomic mass is 10.2. The predicted octanol–water partition coefficient (Wildman–Crippen LogP) is 3.20. The molecule has 3 aromatic rings. The maximum atomic E-state index is 5.98. The fraction of sp³-hybridized carbons (Fsp3) is 0.318. The van der Waals surface area contributed by atoms with Crippen molar-refractivity contribution in [3.8, 4) is 17.2 Å². The van der Waals surface area contributed by atoms with Crippen molar-refractivity contribution in [2.24, 2.45) is 12.8 Å². The summed E-state index contributed by atoms with van der Waals surface area (Å²) in [5.41, 5.74) is 9.93. The van der Waals surface area contributed by atoms with E-state index in [1.165, 1.54) is 0 Å². The molecule has 0 atom stereocenters. The molecular weight excluding hydrogens is 382 g/mol. The molecule has 1 aromatic carbocycles. The highest BCUT2D eigenvalue weighted by Crippen LogP contribution is 2.40. The molecule has 0 fully saturated rings. The minimum absolute atomic E-state index is 0.451. The number of anilines is 2. The minimum Gasteiger partial charge on any atom is -0.493 e. The van der Waals surface area contributed by atoms with Gasteiger partial charge in [0.1, 0.15) is 5.82 Å². The van der Waals surface area contributed by atoms with Gasteiger partial charge in [0, 0.05) is 80.6 Å². The van der Waals surface area contributed by atoms with Gasteiger partial charge in [0.15, 0.2) is 11.5 Å². The van der Waals surface area contributed by atoms with Crippen LogP contribution in [0.25, 0.3) is 16.5 Å². The fourth-order valence-corrected chi connectivity index (χ4v) is 3.44. The number of ether oxygens (including phenoxy) is 3. The summed E-state index contributed by atoms with van der Waals surface area (Å²) in [7, 11) is 10.8. The lowest BCUT2D eigenvalue weighted by Crippen LogP contribution is -2.11. The number of pyridine rings is 1. The Kier molecular flexibility index (Phi) is 6.37. The van der Waals surface area contributed by atoms with Gasteiger partial charge in [-0.3, -0.25) is 0 Å². The van der Waals surface area contributed by atoms with Crippen LogP contribution in [0.4, 0.5) is 11.5 Å². The van der Waals surface area contributed by atoms with Crippen LogP contribution in [-0.2, 0) is 7.05 Å². The highest BCUT2D eigenvalue weighted by Gasteiger charge is 2.15. The molecule has 2 heterocycles. The Morgan fingerprint density at radius 3 is 2.30 bits per heavy atom. The second-order valence-electron chi connectivity index (χ2n) is 7.08. The third-order valence-electron chi connectivity index (χ3n) is 4.83. The molecule has 0 amide bonds. The maximum Gasteiger partial charge on any atom is 0.203 e. The lowest BCUT2D eigenvalue weighted by molar-refractivity contribution is 0.324. The number of hydrogen-bond donors (Lipinski definition) is 2. The highest BCUT2D eigenvalue weighted by atomic mass is 16.5. The van der Waals surface area contributed by atoms with Gasteiger partial charge in [0.2, 0.25) is 5.75 Å². The van der Waals surface area contributed by atoms with Crippen molar-refractivity contribution < 1.29 is 14.2 Å². The summed E-state index contributed by atoms with van der Waals surface area (Å²) in [6.45, 7) is 0.451. The Morgan fingerprint density at radius 2 is 1.77 bits per heavy atom. The first-order chi connectivity index (χ1) is 14.4. The summed E-state index contributed by atoms with van der Waals surface area (Å²) in [6, 6.07) is 7.80. The van der Waals surface area contributed by atoms with E-state index in [1.54, 1.807) is 21.3 Å². The van der Waals surface area contributed by atoms with E-state index in [1.807, 2.05) is 56.6 Å². The number of nitrogens with zero attached hydrogens (tertiary/aromatic N) is 3. The van der Waals surface area contributed by atoms with Gasteiger partial charge in [-0.2, -0.15) is 0 Å². The van der Waals surface area contributed by atoms with Gasteiger partial charge >= 0.3 is 0 Å². The number of benzene rings is 1. The normalized spacial score (nSPS) is 11.5. The van der Waals surface area contributed by atoms with Crippen LogP contribution in [0.3, 0.4) is 0 Å². The third kappa shape index (κ3) is 4.13. The first kappa shape index (κ1) is 21.3.